The molecule has 156 valence electrons. The zero-order valence-electron chi connectivity index (χ0n) is 17.6. The van der Waals surface area contributed by atoms with Crippen LogP contribution in [-0.2, 0) is 0 Å². The molecule has 0 atom stereocenters. The molecule has 2 N–H and O–H groups in total. The van der Waals surface area contributed by atoms with Crippen molar-refractivity contribution in [2.24, 2.45) is 0 Å². The molecule has 3 heteroatoms. The summed E-state index contributed by atoms with van der Waals surface area (Å²) in [5, 5.41) is 19.2. The van der Waals surface area contributed by atoms with Crippen LogP contribution in [0, 0.1) is 0 Å². The lowest BCUT2D eigenvalue weighted by Crippen LogP contribution is -1.85. The zero-order valence-corrected chi connectivity index (χ0v) is 18.4. The van der Waals surface area contributed by atoms with E-state index in [2.05, 4.69) is 6.92 Å². The van der Waals surface area contributed by atoms with E-state index in [0.717, 1.165) is 10.6 Å². The van der Waals surface area contributed by atoms with Gasteiger partial charge >= 0.3 is 0 Å². The standard InChI is InChI=1S/C24H42O2S/c1-2-3-4-5-6-7-8-9-10-11-12-13-14-15-16-17-20-27-24-21-22(25)18-19-23(24)26/h18-19,21,25-26H,2-17,20H2,1H3. The number of hydrogen-bond donors (Lipinski definition) is 2. The van der Waals surface area contributed by atoms with E-state index in [4.69, 9.17) is 0 Å². The third kappa shape index (κ3) is 13.9. The molecule has 0 aliphatic carbocycles. The van der Waals surface area contributed by atoms with Gasteiger partial charge in [0.2, 0.25) is 0 Å². The summed E-state index contributed by atoms with van der Waals surface area (Å²) in [5.41, 5.74) is 0. The maximum Gasteiger partial charge on any atom is 0.129 e. The number of rotatable bonds is 18. The first-order chi connectivity index (χ1) is 13.2. The fraction of sp³-hybridized carbons (Fsp3) is 0.750. The molecule has 0 radical (unpaired) electrons. The molecule has 1 aromatic rings. The number of aromatic hydroxyl groups is 2. The summed E-state index contributed by atoms with van der Waals surface area (Å²) < 4.78 is 0. The van der Waals surface area contributed by atoms with Crippen LogP contribution < -0.4 is 0 Å². The second-order valence-corrected chi connectivity index (χ2v) is 8.94. The molecule has 0 aliphatic heterocycles. The Hall–Kier alpha value is -0.830. The molecule has 0 amide bonds. The van der Waals surface area contributed by atoms with Crippen LogP contribution in [0.4, 0.5) is 0 Å². The van der Waals surface area contributed by atoms with E-state index in [9.17, 15) is 10.2 Å². The fourth-order valence-electron chi connectivity index (χ4n) is 3.45. The van der Waals surface area contributed by atoms with Crippen molar-refractivity contribution in [2.45, 2.75) is 115 Å². The molecule has 1 aromatic carbocycles. The van der Waals surface area contributed by atoms with Gasteiger partial charge in [-0.25, -0.2) is 0 Å². The van der Waals surface area contributed by atoms with Gasteiger partial charge in [-0.15, -0.1) is 11.8 Å². The summed E-state index contributed by atoms with van der Waals surface area (Å²) in [7, 11) is 0. The largest absolute Gasteiger partial charge is 0.508 e. The van der Waals surface area contributed by atoms with Crippen molar-refractivity contribution in [3.05, 3.63) is 18.2 Å². The van der Waals surface area contributed by atoms with Crippen LogP contribution in [0.15, 0.2) is 23.1 Å². The number of unbranched alkanes of at least 4 members (excludes halogenated alkanes) is 15. The van der Waals surface area contributed by atoms with Gasteiger partial charge in [0.25, 0.3) is 0 Å². The molecule has 27 heavy (non-hydrogen) atoms. The van der Waals surface area contributed by atoms with Crippen LogP contribution in [0.3, 0.4) is 0 Å². The zero-order chi connectivity index (χ0) is 19.6. The maximum absolute atomic E-state index is 9.74. The van der Waals surface area contributed by atoms with Gasteiger partial charge < -0.3 is 10.2 Å². The monoisotopic (exact) mass is 394 g/mol. The van der Waals surface area contributed by atoms with Crippen LogP contribution >= 0.6 is 11.8 Å². The molecule has 0 aliphatic rings. The third-order valence-electron chi connectivity index (χ3n) is 5.20. The third-order valence-corrected chi connectivity index (χ3v) is 6.33. The lowest BCUT2D eigenvalue weighted by molar-refractivity contribution is 0.448. The second-order valence-electron chi connectivity index (χ2n) is 7.80. The molecule has 0 saturated heterocycles. The van der Waals surface area contributed by atoms with Gasteiger partial charge in [-0.3, -0.25) is 0 Å². The van der Waals surface area contributed by atoms with Gasteiger partial charge in [-0.1, -0.05) is 103 Å². The molecule has 0 spiro atoms. The molecular formula is C24H42O2S. The van der Waals surface area contributed by atoms with E-state index in [1.54, 1.807) is 23.9 Å². The fourth-order valence-corrected chi connectivity index (χ4v) is 4.44. The highest BCUT2D eigenvalue weighted by molar-refractivity contribution is 7.99. The van der Waals surface area contributed by atoms with Crippen molar-refractivity contribution in [2.75, 3.05) is 5.75 Å². The van der Waals surface area contributed by atoms with Crippen LogP contribution in [0.1, 0.15) is 110 Å². The van der Waals surface area contributed by atoms with Crippen molar-refractivity contribution in [3.8, 4) is 11.5 Å². The van der Waals surface area contributed by atoms with E-state index in [0.29, 0.717) is 0 Å². The first-order valence-electron chi connectivity index (χ1n) is 11.4. The Bertz CT molecular complexity index is 462. The Balaban J connectivity index is 1.78. The predicted octanol–water partition coefficient (Wildman–Crippen LogP) is 8.45. The number of thioether (sulfide) groups is 1. The second kappa shape index (κ2) is 17.3. The number of phenols is 2. The van der Waals surface area contributed by atoms with Crippen LogP contribution in [0.2, 0.25) is 0 Å². The minimum atomic E-state index is 0.224. The quantitative estimate of drug-likeness (QED) is 0.149. The number of benzene rings is 1. The van der Waals surface area contributed by atoms with Crippen LogP contribution in [0.25, 0.3) is 0 Å². The highest BCUT2D eigenvalue weighted by atomic mass is 32.2. The van der Waals surface area contributed by atoms with Gasteiger partial charge in [0.1, 0.15) is 11.5 Å². The first-order valence-corrected chi connectivity index (χ1v) is 12.4. The molecule has 0 unspecified atom stereocenters. The highest BCUT2D eigenvalue weighted by Gasteiger charge is 2.03. The Morgan fingerprint density at radius 3 is 1.56 bits per heavy atom. The molecular weight excluding hydrogens is 352 g/mol. The Morgan fingerprint density at radius 2 is 1.07 bits per heavy atom. The van der Waals surface area contributed by atoms with Crippen molar-refractivity contribution in [1.82, 2.24) is 0 Å². The lowest BCUT2D eigenvalue weighted by atomic mass is 10.0. The predicted molar refractivity (Wildman–Crippen MR) is 120 cm³/mol. The molecule has 0 aromatic heterocycles. The Labute approximate surface area is 172 Å². The van der Waals surface area contributed by atoms with Crippen molar-refractivity contribution in [3.63, 3.8) is 0 Å². The molecule has 0 bridgehead atoms. The molecule has 1 rings (SSSR count). The first kappa shape index (κ1) is 24.2. The summed E-state index contributed by atoms with van der Waals surface area (Å²) in [6.45, 7) is 2.28. The van der Waals surface area contributed by atoms with Gasteiger partial charge in [-0.05, 0) is 30.4 Å². The highest BCUT2D eigenvalue weighted by Crippen LogP contribution is 2.32. The van der Waals surface area contributed by atoms with Gasteiger partial charge in [0.15, 0.2) is 0 Å². The topological polar surface area (TPSA) is 40.5 Å². The van der Waals surface area contributed by atoms with E-state index in [1.807, 2.05) is 0 Å². The average molecular weight is 395 g/mol. The Kier molecular flexibility index (Phi) is 15.5. The minimum absolute atomic E-state index is 0.224. The molecule has 0 saturated carbocycles. The van der Waals surface area contributed by atoms with Crippen LogP contribution in [-0.4, -0.2) is 16.0 Å². The van der Waals surface area contributed by atoms with E-state index in [1.165, 1.54) is 109 Å². The maximum atomic E-state index is 9.74. The Morgan fingerprint density at radius 1 is 0.630 bits per heavy atom. The molecule has 0 fully saturated rings. The molecule has 2 nitrogen and oxygen atoms in total. The summed E-state index contributed by atoms with van der Waals surface area (Å²) >= 11 is 1.64. The number of phenolic OH excluding ortho intramolecular Hbond substituents is 2. The minimum Gasteiger partial charge on any atom is -0.508 e. The van der Waals surface area contributed by atoms with Crippen molar-refractivity contribution >= 4 is 11.8 Å². The normalized spacial score (nSPS) is 11.1. The van der Waals surface area contributed by atoms with Crippen molar-refractivity contribution in [1.29, 1.82) is 0 Å². The van der Waals surface area contributed by atoms with Gasteiger partial charge in [0.05, 0.1) is 4.90 Å². The number of hydrogen-bond acceptors (Lipinski definition) is 3. The van der Waals surface area contributed by atoms with Gasteiger partial charge in [0, 0.05) is 0 Å². The summed E-state index contributed by atoms with van der Waals surface area (Å²) in [6, 6.07) is 4.73. The molecule has 0 heterocycles. The van der Waals surface area contributed by atoms with E-state index < -0.39 is 0 Å². The SMILES string of the molecule is CCCCCCCCCCCCCCCCCCSc1cc(O)ccc1O. The average Bonchev–Trinajstić information content (AvgIpc) is 2.67. The van der Waals surface area contributed by atoms with Crippen LogP contribution in [0.5, 0.6) is 11.5 Å². The summed E-state index contributed by atoms with van der Waals surface area (Å²) in [6.07, 6.45) is 22.2. The smallest absolute Gasteiger partial charge is 0.129 e. The van der Waals surface area contributed by atoms with E-state index >= 15 is 0 Å². The lowest BCUT2D eigenvalue weighted by Gasteiger charge is -2.05. The summed E-state index contributed by atoms with van der Waals surface area (Å²) in [5.74, 6) is 1.51. The van der Waals surface area contributed by atoms with Crippen molar-refractivity contribution < 1.29 is 10.2 Å². The van der Waals surface area contributed by atoms with E-state index in [-0.39, 0.29) is 11.5 Å². The van der Waals surface area contributed by atoms with Gasteiger partial charge in [-0.2, -0.15) is 0 Å². The summed E-state index contributed by atoms with van der Waals surface area (Å²) in [4.78, 5) is 0.788.